The molecule has 0 amide bonds. The van der Waals surface area contributed by atoms with Crippen molar-refractivity contribution < 1.29 is 8.42 Å². The van der Waals surface area contributed by atoms with Crippen molar-refractivity contribution in [1.29, 1.82) is 0 Å². The number of sulfonamides is 1. The molecule has 98 valence electrons. The van der Waals surface area contributed by atoms with E-state index in [9.17, 15) is 8.42 Å². The largest absolute Gasteiger partial charge is 0.261 e. The van der Waals surface area contributed by atoms with E-state index >= 15 is 0 Å². The molecule has 1 heterocycles. The summed E-state index contributed by atoms with van der Waals surface area (Å²) >= 11 is 0. The zero-order valence-electron chi connectivity index (χ0n) is 9.89. The molecule has 0 fully saturated rings. The fourth-order valence-corrected chi connectivity index (χ4v) is 1.78. The van der Waals surface area contributed by atoms with Crippen molar-refractivity contribution in [2.75, 3.05) is 5.43 Å². The molecule has 0 spiro atoms. The van der Waals surface area contributed by atoms with Crippen molar-refractivity contribution in [1.82, 2.24) is 4.98 Å². The van der Waals surface area contributed by atoms with Crippen LogP contribution >= 0.6 is 0 Å². The smallest absolute Gasteiger partial charge is 0.239 e. The molecule has 3 N–H and O–H groups in total. The van der Waals surface area contributed by atoms with Gasteiger partial charge in [-0.15, -0.1) is 0 Å². The number of nitrogens with zero attached hydrogens (tertiary/aromatic N) is 2. The van der Waals surface area contributed by atoms with Crippen LogP contribution in [0.15, 0.2) is 58.7 Å². The predicted molar refractivity (Wildman–Crippen MR) is 73.3 cm³/mol. The number of pyridine rings is 1. The number of hydrogen-bond donors (Lipinski definition) is 2. The van der Waals surface area contributed by atoms with E-state index in [2.05, 4.69) is 15.5 Å². The first-order chi connectivity index (χ1) is 9.05. The van der Waals surface area contributed by atoms with Gasteiger partial charge in [0.1, 0.15) is 10.7 Å². The maximum absolute atomic E-state index is 11.0. The Morgan fingerprint density at radius 1 is 1.16 bits per heavy atom. The number of aromatic nitrogens is 1. The van der Waals surface area contributed by atoms with Gasteiger partial charge in [-0.05, 0) is 17.7 Å². The number of primary sulfonamides is 1. The molecule has 0 aliphatic carbocycles. The fourth-order valence-electron chi connectivity index (χ4n) is 1.33. The molecule has 0 saturated heterocycles. The summed E-state index contributed by atoms with van der Waals surface area (Å²) in [6.45, 7) is 0. The monoisotopic (exact) mass is 276 g/mol. The molecule has 2 aromatic rings. The molecular weight excluding hydrogens is 264 g/mol. The first kappa shape index (κ1) is 13.2. The second-order valence-corrected chi connectivity index (χ2v) is 5.27. The van der Waals surface area contributed by atoms with Gasteiger partial charge in [-0.25, -0.2) is 18.5 Å². The molecule has 0 aliphatic rings. The molecule has 2 rings (SSSR count). The minimum absolute atomic E-state index is 0.0370. The standard InChI is InChI=1S/C12H12N4O2S/c13-19(17,18)11-6-7-12(14-9-11)16-15-8-10-4-2-1-3-5-10/h1-9H,(H,14,16)(H2,13,17,18)/b15-8+. The van der Waals surface area contributed by atoms with Gasteiger partial charge in [-0.1, -0.05) is 30.3 Å². The Morgan fingerprint density at radius 3 is 2.47 bits per heavy atom. The van der Waals surface area contributed by atoms with E-state index < -0.39 is 10.0 Å². The highest BCUT2D eigenvalue weighted by Gasteiger charge is 2.07. The zero-order chi connectivity index (χ0) is 13.7. The minimum atomic E-state index is -3.71. The number of nitrogens with two attached hydrogens (primary N) is 1. The van der Waals surface area contributed by atoms with Crippen LogP contribution in [-0.2, 0) is 10.0 Å². The quantitative estimate of drug-likeness (QED) is 0.647. The number of hydrazone groups is 1. The molecule has 19 heavy (non-hydrogen) atoms. The number of hydrogen-bond acceptors (Lipinski definition) is 5. The van der Waals surface area contributed by atoms with Crippen LogP contribution in [-0.4, -0.2) is 19.6 Å². The normalized spacial score (nSPS) is 11.6. The van der Waals surface area contributed by atoms with E-state index in [0.29, 0.717) is 5.82 Å². The van der Waals surface area contributed by atoms with Gasteiger partial charge >= 0.3 is 0 Å². The van der Waals surface area contributed by atoms with Gasteiger partial charge < -0.3 is 0 Å². The molecule has 0 aliphatic heterocycles. The Hall–Kier alpha value is -2.25. The van der Waals surface area contributed by atoms with Crippen molar-refractivity contribution in [3.8, 4) is 0 Å². The van der Waals surface area contributed by atoms with Crippen LogP contribution in [0.25, 0.3) is 0 Å². The summed E-state index contributed by atoms with van der Waals surface area (Å²) in [5, 5.41) is 8.95. The highest BCUT2D eigenvalue weighted by molar-refractivity contribution is 7.89. The van der Waals surface area contributed by atoms with Crippen LogP contribution in [0.3, 0.4) is 0 Å². The van der Waals surface area contributed by atoms with Crippen LogP contribution in [0, 0.1) is 0 Å². The van der Waals surface area contributed by atoms with Gasteiger partial charge in [-0.2, -0.15) is 5.10 Å². The Bertz CT molecular complexity index is 667. The van der Waals surface area contributed by atoms with E-state index in [1.165, 1.54) is 18.3 Å². The number of benzene rings is 1. The lowest BCUT2D eigenvalue weighted by Crippen LogP contribution is -2.12. The minimum Gasteiger partial charge on any atom is -0.261 e. The van der Waals surface area contributed by atoms with Crippen molar-refractivity contribution in [2.24, 2.45) is 10.2 Å². The first-order valence-corrected chi connectivity index (χ1v) is 6.93. The highest BCUT2D eigenvalue weighted by atomic mass is 32.2. The molecule has 0 saturated carbocycles. The fraction of sp³-hybridized carbons (Fsp3) is 0. The van der Waals surface area contributed by atoms with E-state index in [1.54, 1.807) is 6.21 Å². The van der Waals surface area contributed by atoms with Gasteiger partial charge in [0, 0.05) is 6.20 Å². The van der Waals surface area contributed by atoms with Gasteiger partial charge in [0.05, 0.1) is 6.21 Å². The number of anilines is 1. The van der Waals surface area contributed by atoms with E-state index in [4.69, 9.17) is 5.14 Å². The zero-order valence-corrected chi connectivity index (χ0v) is 10.7. The van der Waals surface area contributed by atoms with Crippen molar-refractivity contribution >= 4 is 22.1 Å². The molecular formula is C12H12N4O2S. The summed E-state index contributed by atoms with van der Waals surface area (Å²) in [7, 11) is -3.71. The summed E-state index contributed by atoms with van der Waals surface area (Å²) in [6.07, 6.45) is 2.81. The topological polar surface area (TPSA) is 97.4 Å². The summed E-state index contributed by atoms with van der Waals surface area (Å²) < 4.78 is 22.1. The van der Waals surface area contributed by atoms with Crippen LogP contribution < -0.4 is 10.6 Å². The molecule has 1 aromatic carbocycles. The van der Waals surface area contributed by atoms with Crippen molar-refractivity contribution in [2.45, 2.75) is 4.90 Å². The lowest BCUT2D eigenvalue weighted by atomic mass is 10.2. The summed E-state index contributed by atoms with van der Waals surface area (Å²) in [5.74, 6) is 0.430. The summed E-state index contributed by atoms with van der Waals surface area (Å²) in [6, 6.07) is 12.4. The highest BCUT2D eigenvalue weighted by Crippen LogP contribution is 2.08. The Balaban J connectivity index is 2.03. The van der Waals surface area contributed by atoms with Gasteiger partial charge in [-0.3, -0.25) is 5.43 Å². The van der Waals surface area contributed by atoms with Crippen LogP contribution in [0.2, 0.25) is 0 Å². The summed E-state index contributed by atoms with van der Waals surface area (Å²) in [4.78, 5) is 3.86. The van der Waals surface area contributed by atoms with Gasteiger partial charge in [0.25, 0.3) is 0 Å². The Labute approximate surface area is 111 Å². The number of rotatable bonds is 4. The molecule has 1 aromatic heterocycles. The SMILES string of the molecule is NS(=O)(=O)c1ccc(N/N=C/c2ccccc2)nc1. The molecule has 0 atom stereocenters. The van der Waals surface area contributed by atoms with Crippen LogP contribution in [0.4, 0.5) is 5.82 Å². The van der Waals surface area contributed by atoms with Crippen LogP contribution in [0.5, 0.6) is 0 Å². The van der Waals surface area contributed by atoms with Gasteiger partial charge in [0.15, 0.2) is 0 Å². The number of nitrogens with one attached hydrogen (secondary N) is 1. The van der Waals surface area contributed by atoms with E-state index in [-0.39, 0.29) is 4.90 Å². The molecule has 6 nitrogen and oxygen atoms in total. The predicted octanol–water partition coefficient (Wildman–Crippen LogP) is 1.18. The molecule has 0 bridgehead atoms. The molecule has 7 heteroatoms. The maximum Gasteiger partial charge on any atom is 0.239 e. The Morgan fingerprint density at radius 2 is 1.89 bits per heavy atom. The maximum atomic E-state index is 11.0. The van der Waals surface area contributed by atoms with Crippen LogP contribution in [0.1, 0.15) is 5.56 Å². The Kier molecular flexibility index (Phi) is 3.88. The average molecular weight is 276 g/mol. The first-order valence-electron chi connectivity index (χ1n) is 5.39. The third-order valence-electron chi connectivity index (χ3n) is 2.26. The average Bonchev–Trinajstić information content (AvgIpc) is 2.39. The lowest BCUT2D eigenvalue weighted by Gasteiger charge is -2.00. The van der Waals surface area contributed by atoms with Gasteiger partial charge in [0.2, 0.25) is 10.0 Å². The third-order valence-corrected chi connectivity index (χ3v) is 3.16. The molecule has 0 unspecified atom stereocenters. The van der Waals surface area contributed by atoms with Crippen molar-refractivity contribution in [3.63, 3.8) is 0 Å². The molecule has 0 radical (unpaired) electrons. The van der Waals surface area contributed by atoms with E-state index in [0.717, 1.165) is 5.56 Å². The third kappa shape index (κ3) is 3.87. The lowest BCUT2D eigenvalue weighted by molar-refractivity contribution is 0.597. The second kappa shape index (κ2) is 5.59. The summed E-state index contributed by atoms with van der Waals surface area (Å²) in [5.41, 5.74) is 3.64. The second-order valence-electron chi connectivity index (χ2n) is 3.70. The van der Waals surface area contributed by atoms with E-state index in [1.807, 2.05) is 30.3 Å². The van der Waals surface area contributed by atoms with Crippen molar-refractivity contribution in [3.05, 3.63) is 54.2 Å².